The summed E-state index contributed by atoms with van der Waals surface area (Å²) in [6.07, 6.45) is -8.13. The van der Waals surface area contributed by atoms with Gasteiger partial charge in [-0.3, -0.25) is 15.0 Å². The average molecular weight is 735 g/mol. The number of nitrogens with one attached hydrogen (secondary N) is 2. The van der Waals surface area contributed by atoms with Crippen molar-refractivity contribution in [2.75, 3.05) is 13.1 Å². The third kappa shape index (κ3) is 12.3. The Labute approximate surface area is 296 Å². The van der Waals surface area contributed by atoms with Crippen LogP contribution in [0.2, 0.25) is 0 Å². The highest BCUT2D eigenvalue weighted by Gasteiger charge is 2.34. The van der Waals surface area contributed by atoms with E-state index >= 15 is 0 Å². The molecule has 0 bridgehead atoms. The molecule has 4 rings (SSSR count). The van der Waals surface area contributed by atoms with Crippen molar-refractivity contribution >= 4 is 29.0 Å². The Morgan fingerprint density at radius 2 is 1.46 bits per heavy atom. The number of unbranched alkanes of at least 4 members (excludes halogenated alkanes) is 2. The molecule has 0 aliphatic carbocycles. The van der Waals surface area contributed by atoms with Crippen LogP contribution in [0.1, 0.15) is 66.3 Å². The van der Waals surface area contributed by atoms with E-state index in [0.717, 1.165) is 24.3 Å². The van der Waals surface area contributed by atoms with Crippen LogP contribution in [-0.4, -0.2) is 42.6 Å². The lowest BCUT2D eigenvalue weighted by atomic mass is 9.94. The summed E-state index contributed by atoms with van der Waals surface area (Å²) in [5.74, 6) is -1.28. The summed E-state index contributed by atoms with van der Waals surface area (Å²) in [4.78, 5) is 30.1. The number of alkyl halides is 6. The molecule has 0 unspecified atom stereocenters. The van der Waals surface area contributed by atoms with Crippen molar-refractivity contribution in [2.24, 2.45) is 22.2 Å². The van der Waals surface area contributed by atoms with Crippen LogP contribution in [0.3, 0.4) is 0 Å². The highest BCUT2D eigenvalue weighted by Crippen LogP contribution is 2.38. The molecule has 1 aliphatic rings. The van der Waals surface area contributed by atoms with Crippen LogP contribution in [0.25, 0.3) is 0 Å². The number of ether oxygens (including phenoxy) is 2. The maximum absolute atomic E-state index is 14.1. The number of aliphatic imine (C=N–C) groups is 1. The molecular weight excluding hydrogens is 694 g/mol. The first-order chi connectivity index (χ1) is 24.5. The van der Waals surface area contributed by atoms with Crippen LogP contribution in [0.5, 0.6) is 17.2 Å². The second-order valence-electron chi connectivity index (χ2n) is 12.5. The van der Waals surface area contributed by atoms with Crippen molar-refractivity contribution in [3.63, 3.8) is 0 Å². The molecule has 0 radical (unpaired) electrons. The number of rotatable bonds is 17. The molecule has 0 aromatic heterocycles. The zero-order valence-electron chi connectivity index (χ0n) is 28.1. The van der Waals surface area contributed by atoms with E-state index in [0.29, 0.717) is 50.8 Å². The van der Waals surface area contributed by atoms with Gasteiger partial charge in [0.25, 0.3) is 0 Å². The molecule has 280 valence electrons. The molecule has 1 heterocycles. The molecule has 10 nitrogen and oxygen atoms in total. The van der Waals surface area contributed by atoms with E-state index in [1.54, 1.807) is 6.07 Å². The minimum atomic E-state index is -4.77. The number of nitrogens with zero attached hydrogens (tertiary/aromatic N) is 1. The van der Waals surface area contributed by atoms with E-state index in [1.807, 2.05) is 0 Å². The summed E-state index contributed by atoms with van der Waals surface area (Å²) >= 11 is 0. The first-order valence-corrected chi connectivity index (χ1v) is 16.5. The van der Waals surface area contributed by atoms with Crippen LogP contribution in [-0.2, 0) is 41.2 Å². The normalized spacial score (nSPS) is 14.5. The summed E-state index contributed by atoms with van der Waals surface area (Å²) in [5, 5.41) is 10.4. The highest BCUT2D eigenvalue weighted by molar-refractivity contribution is 5.85. The molecule has 0 spiro atoms. The highest BCUT2D eigenvalue weighted by atomic mass is 19.4. The summed E-state index contributed by atoms with van der Waals surface area (Å²) in [6.45, 7) is 1.06. The second kappa shape index (κ2) is 17.4. The number of hydrogen-bond donors (Lipinski definition) is 5. The SMILES string of the molecule is N=C(N)CCCCCC(=O)Cc1cc(C(F)(F)F)cc(CC(=O)Cc2cccc(Oc3cc(N=C(N)N)cc(C(F)(F)F)c3)c2)c1O[C@@H]1CCNC1. The molecule has 0 amide bonds. The lowest BCUT2D eigenvalue weighted by Gasteiger charge is -2.22. The molecule has 3 aromatic rings. The maximum atomic E-state index is 14.1. The predicted molar refractivity (Wildman–Crippen MR) is 183 cm³/mol. The minimum Gasteiger partial charge on any atom is -0.488 e. The Kier molecular flexibility index (Phi) is 13.3. The lowest BCUT2D eigenvalue weighted by molar-refractivity contribution is -0.138. The number of halogens is 6. The molecule has 8 N–H and O–H groups in total. The van der Waals surface area contributed by atoms with Crippen molar-refractivity contribution in [3.8, 4) is 17.2 Å². The van der Waals surface area contributed by atoms with Crippen LogP contribution in [0.4, 0.5) is 32.0 Å². The standard InChI is InChI=1S/C36H40F6N6O4/c37-35(38,39)24-13-22(15-27(49)6-2-1-3-8-32(43)44)33(52-30-9-10-47-20-30)23(14-24)16-28(50)11-21-5-4-7-29(12-21)51-31-18-25(36(40,41)42)17-26(19-31)48-34(45)46/h4-5,7,12-14,17-19,30,47H,1-3,6,8-11,15-16,20H2,(H3,43,44)(H4,45,46,48)/t30-/m1/s1. The number of guanidine groups is 1. The van der Waals surface area contributed by atoms with E-state index in [2.05, 4.69) is 10.3 Å². The van der Waals surface area contributed by atoms with Crippen LogP contribution >= 0.6 is 0 Å². The Bertz CT molecular complexity index is 1780. The zero-order valence-corrected chi connectivity index (χ0v) is 28.1. The maximum Gasteiger partial charge on any atom is 0.416 e. The third-order valence-electron chi connectivity index (χ3n) is 8.06. The summed E-state index contributed by atoms with van der Waals surface area (Å²) in [5.41, 5.74) is 14.2. The van der Waals surface area contributed by atoms with Gasteiger partial charge in [0.05, 0.1) is 22.6 Å². The molecule has 1 atom stereocenters. The molecule has 1 fully saturated rings. The first kappa shape index (κ1) is 39.7. The van der Waals surface area contributed by atoms with Gasteiger partial charge in [-0.25, -0.2) is 4.99 Å². The summed E-state index contributed by atoms with van der Waals surface area (Å²) in [7, 11) is 0. The third-order valence-corrected chi connectivity index (χ3v) is 8.06. The van der Waals surface area contributed by atoms with Gasteiger partial charge in [-0.15, -0.1) is 0 Å². The molecular formula is C36H40F6N6O4. The van der Waals surface area contributed by atoms with Gasteiger partial charge in [0.2, 0.25) is 0 Å². The smallest absolute Gasteiger partial charge is 0.416 e. The van der Waals surface area contributed by atoms with Gasteiger partial charge in [0, 0.05) is 55.8 Å². The number of ketones is 2. The van der Waals surface area contributed by atoms with Gasteiger partial charge in [-0.2, -0.15) is 26.3 Å². The molecule has 1 aliphatic heterocycles. The largest absolute Gasteiger partial charge is 0.488 e. The van der Waals surface area contributed by atoms with Gasteiger partial charge in [0.1, 0.15) is 34.9 Å². The predicted octanol–water partition coefficient (Wildman–Crippen LogP) is 6.51. The van der Waals surface area contributed by atoms with Crippen LogP contribution in [0, 0.1) is 5.41 Å². The fourth-order valence-electron chi connectivity index (χ4n) is 5.72. The van der Waals surface area contributed by atoms with Gasteiger partial charge < -0.3 is 32.0 Å². The van der Waals surface area contributed by atoms with E-state index < -0.39 is 41.6 Å². The fourth-order valence-corrected chi connectivity index (χ4v) is 5.72. The topological polar surface area (TPSA) is 179 Å². The number of carbonyl (C=O) groups excluding carboxylic acids is 2. The van der Waals surface area contributed by atoms with Crippen molar-refractivity contribution in [1.82, 2.24) is 5.32 Å². The number of benzene rings is 3. The Balaban J connectivity index is 1.57. The summed E-state index contributed by atoms with van der Waals surface area (Å²) in [6, 6.07) is 10.4. The first-order valence-electron chi connectivity index (χ1n) is 16.5. The Hall–Kier alpha value is -5.12. The average Bonchev–Trinajstić information content (AvgIpc) is 3.54. The number of amidine groups is 1. The Morgan fingerprint density at radius 1 is 0.808 bits per heavy atom. The van der Waals surface area contributed by atoms with Gasteiger partial charge >= 0.3 is 12.4 Å². The molecule has 1 saturated heterocycles. The minimum absolute atomic E-state index is 0.0142. The van der Waals surface area contributed by atoms with E-state index in [1.165, 1.54) is 24.3 Å². The monoisotopic (exact) mass is 734 g/mol. The number of hydrogen-bond acceptors (Lipinski definition) is 7. The van der Waals surface area contributed by atoms with Crippen molar-refractivity contribution < 1.29 is 45.4 Å². The number of carbonyl (C=O) groups is 2. The molecule has 3 aromatic carbocycles. The summed E-state index contributed by atoms with van der Waals surface area (Å²) < 4.78 is 94.8. The van der Waals surface area contributed by atoms with E-state index in [4.69, 9.17) is 32.1 Å². The molecule has 16 heteroatoms. The number of Topliss-reactive ketones (excluding diaryl/α,β-unsaturated/α-hetero) is 2. The van der Waals surface area contributed by atoms with Crippen molar-refractivity contribution in [1.29, 1.82) is 5.41 Å². The van der Waals surface area contributed by atoms with Gasteiger partial charge in [-0.1, -0.05) is 18.6 Å². The van der Waals surface area contributed by atoms with Gasteiger partial charge in [-0.05, 0) is 67.8 Å². The number of nitrogens with two attached hydrogens (primary N) is 3. The zero-order chi connectivity index (χ0) is 38.1. The molecule has 0 saturated carbocycles. The van der Waals surface area contributed by atoms with Gasteiger partial charge in [0.15, 0.2) is 5.96 Å². The van der Waals surface area contributed by atoms with E-state index in [-0.39, 0.29) is 71.0 Å². The fraction of sp³-hybridized carbons (Fsp3) is 0.389. The molecule has 52 heavy (non-hydrogen) atoms. The van der Waals surface area contributed by atoms with Crippen LogP contribution < -0.4 is 32.0 Å². The van der Waals surface area contributed by atoms with Crippen LogP contribution in [0.15, 0.2) is 59.6 Å². The quantitative estimate of drug-likeness (QED) is 0.0451. The van der Waals surface area contributed by atoms with Crippen molar-refractivity contribution in [3.05, 3.63) is 82.4 Å². The Morgan fingerprint density at radius 3 is 2.08 bits per heavy atom. The second-order valence-corrected chi connectivity index (χ2v) is 12.5. The lowest BCUT2D eigenvalue weighted by Crippen LogP contribution is -2.22. The van der Waals surface area contributed by atoms with Crippen molar-refractivity contribution in [2.45, 2.75) is 76.2 Å². The van der Waals surface area contributed by atoms with E-state index in [9.17, 15) is 35.9 Å².